The quantitative estimate of drug-likeness (QED) is 0.0473. The summed E-state index contributed by atoms with van der Waals surface area (Å²) >= 11 is 0. The van der Waals surface area contributed by atoms with Gasteiger partial charge in [-0.25, -0.2) is 0 Å². The number of hydrogen-bond acceptors (Lipinski definition) is 11. The van der Waals surface area contributed by atoms with E-state index in [4.69, 9.17) is 10.8 Å². The second kappa shape index (κ2) is 25.5. The molecule has 0 aliphatic carbocycles. The number of nitrogens with one attached hydrogen (secondary N) is 6. The lowest BCUT2D eigenvalue weighted by Gasteiger charge is -2.33. The number of carbonyl (C=O) groups is 11. The summed E-state index contributed by atoms with van der Waals surface area (Å²) in [6, 6.07) is -8.64. The third kappa shape index (κ3) is 21.3. The minimum Gasteiger partial charge on any atom is -0.481 e. The zero-order chi connectivity index (χ0) is 43.5. The molecule has 0 rings (SSSR count). The molecule has 0 fully saturated rings. The molecule has 57 heavy (non-hydrogen) atoms. The van der Waals surface area contributed by atoms with Gasteiger partial charge in [-0.05, 0) is 37.5 Å². The molecule has 0 spiro atoms. The number of carbonyl (C=O) groups excluding carboxylic acids is 8. The number of nitrogens with two attached hydrogens (primary N) is 1. The molecule has 0 saturated heterocycles. The van der Waals surface area contributed by atoms with E-state index in [1.807, 2.05) is 6.92 Å². The van der Waals surface area contributed by atoms with E-state index in [0.717, 1.165) is 0 Å². The van der Waals surface area contributed by atoms with Gasteiger partial charge in [0.15, 0.2) is 0 Å². The van der Waals surface area contributed by atoms with Crippen molar-refractivity contribution in [2.75, 3.05) is 0 Å². The molecule has 6 unspecified atom stereocenters. The largest absolute Gasteiger partial charge is 0.481 e. The molecule has 0 aromatic heterocycles. The number of Topliss-reactive ketones (excluding diaryl/α,β-unsaturated/α-hetero) is 1. The Morgan fingerprint density at radius 2 is 1.09 bits per heavy atom. The molecule has 7 amide bonds. The molecule has 11 N–H and O–H groups in total. The van der Waals surface area contributed by atoms with E-state index in [9.17, 15) is 63.0 Å². The molecule has 6 atom stereocenters. The van der Waals surface area contributed by atoms with Gasteiger partial charge in [0, 0.05) is 12.8 Å². The Morgan fingerprint density at radius 1 is 0.579 bits per heavy atom. The summed E-state index contributed by atoms with van der Waals surface area (Å²) in [6.45, 7) is 11.4. The van der Waals surface area contributed by atoms with Crippen LogP contribution in [0.5, 0.6) is 0 Å². The molecule has 0 saturated carbocycles. The monoisotopic (exact) mass is 815 g/mol. The highest BCUT2D eigenvalue weighted by Crippen LogP contribution is 2.20. The number of ketones is 1. The van der Waals surface area contributed by atoms with Crippen LogP contribution < -0.4 is 37.6 Å². The highest BCUT2D eigenvalue weighted by molar-refractivity contribution is 6.37. The molecule has 0 heterocycles. The van der Waals surface area contributed by atoms with Gasteiger partial charge in [0.2, 0.25) is 41.2 Å². The normalized spacial score (nSPS) is 14.1. The van der Waals surface area contributed by atoms with Crippen LogP contribution >= 0.6 is 0 Å². The number of unbranched alkanes of at least 4 members (excludes halogenated alkanes) is 1. The average molecular weight is 816 g/mol. The molecule has 21 heteroatoms. The minimum absolute atomic E-state index is 0. The van der Waals surface area contributed by atoms with E-state index in [2.05, 4.69) is 31.9 Å². The van der Waals surface area contributed by atoms with E-state index in [1.54, 1.807) is 34.6 Å². The fourth-order valence-electron chi connectivity index (χ4n) is 5.08. The molecule has 0 aliphatic rings. The number of aliphatic carboxylic acids is 3. The van der Waals surface area contributed by atoms with Crippen molar-refractivity contribution in [3.05, 3.63) is 0 Å². The van der Waals surface area contributed by atoms with E-state index < -0.39 is 139 Å². The fraction of sp³-hybridized carbons (Fsp3) is 0.694. The number of primary amides is 1. The second-order valence-electron chi connectivity index (χ2n) is 14.8. The van der Waals surface area contributed by atoms with Crippen LogP contribution in [0.4, 0.5) is 0 Å². The topological polar surface area (TPSA) is 347 Å². The zero-order valence-electron chi connectivity index (χ0n) is 32.8. The van der Waals surface area contributed by atoms with Gasteiger partial charge in [0.1, 0.15) is 30.2 Å². The van der Waals surface area contributed by atoms with Crippen molar-refractivity contribution in [3.63, 3.8) is 0 Å². The van der Waals surface area contributed by atoms with E-state index >= 15 is 0 Å². The summed E-state index contributed by atoms with van der Waals surface area (Å²) in [6.07, 6.45) is -2.02. The van der Waals surface area contributed by atoms with Crippen molar-refractivity contribution < 1.29 is 68.1 Å². The highest BCUT2D eigenvalue weighted by Gasteiger charge is 2.38. The van der Waals surface area contributed by atoms with Crippen LogP contribution in [-0.4, -0.2) is 117 Å². The summed E-state index contributed by atoms with van der Waals surface area (Å²) in [5, 5.41) is 41.4. The SMILES string of the molecule is C.CCCCC(NC(=O)C(CC(C)C)NC(=O)C(NC(=O)C(C)NC(=O)C(CCC(=O)O)NC(=O)C(CC(=O)O)NC(=O)CCC(=O)O)C(C)(C)C)C(=O)C(N)=O. The third-order valence-electron chi connectivity index (χ3n) is 8.11. The lowest BCUT2D eigenvalue weighted by atomic mass is 9.85. The summed E-state index contributed by atoms with van der Waals surface area (Å²) < 4.78 is 0. The van der Waals surface area contributed by atoms with Crippen LogP contribution in [0.2, 0.25) is 0 Å². The Morgan fingerprint density at radius 3 is 1.56 bits per heavy atom. The van der Waals surface area contributed by atoms with Gasteiger partial charge in [-0.1, -0.05) is 61.8 Å². The fourth-order valence-corrected chi connectivity index (χ4v) is 5.08. The molecule has 0 aromatic carbocycles. The van der Waals surface area contributed by atoms with Gasteiger partial charge in [0.05, 0.1) is 18.9 Å². The molecule has 21 nitrogen and oxygen atoms in total. The Labute approximate surface area is 331 Å². The minimum atomic E-state index is -1.78. The molecular formula is C36H61N7O14. The Bertz CT molecular complexity index is 1480. The number of hydrogen-bond donors (Lipinski definition) is 10. The smallest absolute Gasteiger partial charge is 0.305 e. The first-order valence-electron chi connectivity index (χ1n) is 18.1. The van der Waals surface area contributed by atoms with Gasteiger partial charge in [-0.15, -0.1) is 0 Å². The van der Waals surface area contributed by atoms with Gasteiger partial charge < -0.3 is 53.0 Å². The highest BCUT2D eigenvalue weighted by atomic mass is 16.4. The van der Waals surface area contributed by atoms with Crippen LogP contribution in [0.15, 0.2) is 0 Å². The average Bonchev–Trinajstić information content (AvgIpc) is 3.07. The maximum absolute atomic E-state index is 13.7. The standard InChI is InChI=1S/C35H57N7O14.CH4/c1-8-9-10-19(27(50)29(36)51)39-32(54)21(15-17(2)3)41-34(56)28(35(5,6)7)42-30(52)18(4)37-31(53)20(11-13-24(44)45)40-33(55)22(16-26(48)49)38-23(43)12-14-25(46)47;/h17-22,28H,8-16H2,1-7H3,(H2,36,51)(H,37,53)(H,38,43)(H,39,54)(H,40,55)(H,41,56)(H,42,52)(H,44,45)(H,46,47)(H,48,49);1H4. The van der Waals surface area contributed by atoms with Gasteiger partial charge >= 0.3 is 17.9 Å². The second-order valence-corrected chi connectivity index (χ2v) is 14.8. The first kappa shape index (κ1) is 53.5. The summed E-state index contributed by atoms with van der Waals surface area (Å²) in [5.74, 6) is -12.4. The maximum Gasteiger partial charge on any atom is 0.305 e. The Hall–Kier alpha value is -5.63. The first-order valence-corrected chi connectivity index (χ1v) is 18.1. The van der Waals surface area contributed by atoms with E-state index in [-0.39, 0.29) is 26.2 Å². The number of carboxylic acids is 3. The molecule has 0 aliphatic heterocycles. The molecule has 0 radical (unpaired) electrons. The van der Waals surface area contributed by atoms with Gasteiger partial charge in [-0.3, -0.25) is 52.7 Å². The van der Waals surface area contributed by atoms with Crippen molar-refractivity contribution in [1.82, 2.24) is 31.9 Å². The lowest BCUT2D eigenvalue weighted by molar-refractivity contribution is -0.142. The van der Waals surface area contributed by atoms with Crippen LogP contribution in [0.3, 0.4) is 0 Å². The Balaban J connectivity index is 0. The number of carboxylic acid groups (broad SMARTS) is 3. The molecular weight excluding hydrogens is 754 g/mol. The summed E-state index contributed by atoms with van der Waals surface area (Å²) in [7, 11) is 0. The maximum atomic E-state index is 13.7. The first-order chi connectivity index (χ1) is 25.8. The Kier molecular flexibility index (Phi) is 23.9. The van der Waals surface area contributed by atoms with Crippen molar-refractivity contribution in [3.8, 4) is 0 Å². The van der Waals surface area contributed by atoms with Crippen LogP contribution in [0.25, 0.3) is 0 Å². The van der Waals surface area contributed by atoms with Crippen molar-refractivity contribution in [2.24, 2.45) is 17.1 Å². The van der Waals surface area contributed by atoms with Crippen LogP contribution in [-0.2, 0) is 52.7 Å². The van der Waals surface area contributed by atoms with Crippen LogP contribution in [0.1, 0.15) is 114 Å². The zero-order valence-corrected chi connectivity index (χ0v) is 32.8. The van der Waals surface area contributed by atoms with E-state index in [0.29, 0.717) is 12.8 Å². The molecule has 324 valence electrons. The molecule has 0 aromatic rings. The number of rotatable bonds is 26. The van der Waals surface area contributed by atoms with Crippen molar-refractivity contribution in [2.45, 2.75) is 150 Å². The van der Waals surface area contributed by atoms with Gasteiger partial charge in [-0.2, -0.15) is 0 Å². The van der Waals surface area contributed by atoms with Crippen LogP contribution in [0, 0.1) is 11.3 Å². The predicted molar refractivity (Wildman–Crippen MR) is 203 cm³/mol. The summed E-state index contributed by atoms with van der Waals surface area (Å²) in [4.78, 5) is 136. The summed E-state index contributed by atoms with van der Waals surface area (Å²) in [5.41, 5.74) is 4.17. The van der Waals surface area contributed by atoms with Crippen molar-refractivity contribution >= 4 is 65.0 Å². The van der Waals surface area contributed by atoms with Crippen molar-refractivity contribution in [1.29, 1.82) is 0 Å². The van der Waals surface area contributed by atoms with Gasteiger partial charge in [0.25, 0.3) is 5.91 Å². The third-order valence-corrected chi connectivity index (χ3v) is 8.11. The number of amides is 7. The van der Waals surface area contributed by atoms with E-state index in [1.165, 1.54) is 6.92 Å². The lowest BCUT2D eigenvalue weighted by Crippen LogP contribution is -2.61. The predicted octanol–water partition coefficient (Wildman–Crippen LogP) is -0.908. The molecule has 0 bridgehead atoms.